The Morgan fingerprint density at radius 3 is 1.27 bits per heavy atom. The van der Waals surface area contributed by atoms with Gasteiger partial charge in [0, 0.05) is 5.02 Å². The Hall–Kier alpha value is -0.580. The maximum atomic E-state index is 12.1. The predicted octanol–water partition coefficient (Wildman–Crippen LogP) is 9.87. The first-order valence-corrected chi connectivity index (χ1v) is 15.5. The minimum atomic E-state index is -3.66. The second kappa shape index (κ2) is 20.8. The van der Waals surface area contributed by atoms with Gasteiger partial charge in [-0.3, -0.25) is 4.18 Å². The molecule has 0 bridgehead atoms. The fraction of sp³-hybridized carbons (Fsp3) is 0.786. The molecule has 1 aromatic rings. The first kappa shape index (κ1) is 30.5. The van der Waals surface area contributed by atoms with E-state index in [1.165, 1.54) is 121 Å². The molecule has 0 saturated heterocycles. The molecule has 0 atom stereocenters. The van der Waals surface area contributed by atoms with E-state index >= 15 is 0 Å². The van der Waals surface area contributed by atoms with Crippen LogP contribution in [-0.4, -0.2) is 15.0 Å². The number of rotatable bonds is 23. The number of halogens is 1. The Bertz CT molecular complexity index is 658. The molecule has 1 rings (SSSR count). The van der Waals surface area contributed by atoms with Crippen molar-refractivity contribution in [3.8, 4) is 0 Å². The number of unbranched alkanes of at least 4 members (excludes halogenated alkanes) is 19. The summed E-state index contributed by atoms with van der Waals surface area (Å²) in [7, 11) is -3.66. The van der Waals surface area contributed by atoms with E-state index in [2.05, 4.69) is 6.92 Å². The van der Waals surface area contributed by atoms with Crippen LogP contribution in [0, 0.1) is 0 Å². The maximum Gasteiger partial charge on any atom is 0.296 e. The number of benzene rings is 1. The summed E-state index contributed by atoms with van der Waals surface area (Å²) < 4.78 is 29.3. The second-order valence-corrected chi connectivity index (χ2v) is 11.5. The van der Waals surface area contributed by atoms with E-state index in [-0.39, 0.29) is 11.5 Å². The topological polar surface area (TPSA) is 43.4 Å². The minimum Gasteiger partial charge on any atom is -0.266 e. The van der Waals surface area contributed by atoms with Crippen LogP contribution >= 0.6 is 11.6 Å². The Labute approximate surface area is 210 Å². The molecular weight excluding hydrogens is 452 g/mol. The van der Waals surface area contributed by atoms with Crippen LogP contribution in [0.4, 0.5) is 0 Å². The molecule has 192 valence electrons. The lowest BCUT2D eigenvalue weighted by Gasteiger charge is -2.06. The van der Waals surface area contributed by atoms with Crippen molar-refractivity contribution >= 4 is 21.7 Å². The van der Waals surface area contributed by atoms with Crippen LogP contribution in [0.3, 0.4) is 0 Å². The van der Waals surface area contributed by atoms with E-state index < -0.39 is 10.1 Å². The Morgan fingerprint density at radius 2 is 0.909 bits per heavy atom. The molecule has 33 heavy (non-hydrogen) atoms. The summed E-state index contributed by atoms with van der Waals surface area (Å²) >= 11 is 5.79. The zero-order chi connectivity index (χ0) is 24.0. The summed E-state index contributed by atoms with van der Waals surface area (Å²) in [6.45, 7) is 2.54. The van der Waals surface area contributed by atoms with Crippen molar-refractivity contribution in [3.63, 3.8) is 0 Å². The van der Waals surface area contributed by atoms with Gasteiger partial charge in [-0.1, -0.05) is 141 Å². The van der Waals surface area contributed by atoms with Crippen molar-refractivity contribution in [1.82, 2.24) is 0 Å². The smallest absolute Gasteiger partial charge is 0.266 e. The maximum absolute atomic E-state index is 12.1. The molecule has 3 nitrogen and oxygen atoms in total. The lowest BCUT2D eigenvalue weighted by atomic mass is 10.0. The fourth-order valence-corrected chi connectivity index (χ4v) is 5.26. The minimum absolute atomic E-state index is 0.167. The van der Waals surface area contributed by atoms with E-state index in [1.54, 1.807) is 12.1 Å². The van der Waals surface area contributed by atoms with Crippen molar-refractivity contribution in [2.45, 2.75) is 140 Å². The number of hydrogen-bond acceptors (Lipinski definition) is 3. The second-order valence-electron chi connectivity index (χ2n) is 9.45. The van der Waals surface area contributed by atoms with Gasteiger partial charge >= 0.3 is 0 Å². The Morgan fingerprint density at radius 1 is 0.576 bits per heavy atom. The third kappa shape index (κ3) is 17.5. The molecule has 0 saturated carbocycles. The molecule has 1 aromatic carbocycles. The van der Waals surface area contributed by atoms with E-state index in [1.807, 2.05) is 0 Å². The summed E-state index contributed by atoms with van der Waals surface area (Å²) in [6, 6.07) is 6.09. The normalized spacial score (nSPS) is 11.8. The van der Waals surface area contributed by atoms with Crippen LogP contribution < -0.4 is 0 Å². The molecule has 0 amide bonds. The molecule has 0 aliphatic rings. The molecule has 0 aromatic heterocycles. The van der Waals surface area contributed by atoms with Gasteiger partial charge < -0.3 is 0 Å². The molecule has 0 radical (unpaired) electrons. The summed E-state index contributed by atoms with van der Waals surface area (Å²) in [5.74, 6) is 0. The van der Waals surface area contributed by atoms with Gasteiger partial charge in [0.2, 0.25) is 0 Å². The van der Waals surface area contributed by atoms with E-state index in [4.69, 9.17) is 15.8 Å². The van der Waals surface area contributed by atoms with Gasteiger partial charge in [-0.15, -0.1) is 0 Å². The standard InChI is InChI=1S/C28H49ClO3S/c1-2-3-4-5-6-7-8-9-10-11-12-13-14-15-16-17-18-19-20-21-26-32-33(30,31)28-24-22-27(29)23-25-28/h22-25H,2-21,26H2,1H3. The highest BCUT2D eigenvalue weighted by Crippen LogP contribution is 2.17. The third-order valence-corrected chi connectivity index (χ3v) is 7.92. The van der Waals surface area contributed by atoms with Gasteiger partial charge in [-0.25, -0.2) is 0 Å². The van der Waals surface area contributed by atoms with Crippen LogP contribution in [-0.2, 0) is 14.3 Å². The summed E-state index contributed by atoms with van der Waals surface area (Å²) in [4.78, 5) is 0.167. The molecule has 0 aliphatic heterocycles. The fourth-order valence-electron chi connectivity index (χ4n) is 4.20. The number of hydrogen-bond donors (Lipinski definition) is 0. The lowest BCUT2D eigenvalue weighted by Crippen LogP contribution is -2.07. The van der Waals surface area contributed by atoms with Crippen molar-refractivity contribution in [3.05, 3.63) is 29.3 Å². The third-order valence-electron chi connectivity index (χ3n) is 6.34. The molecule has 0 aliphatic carbocycles. The zero-order valence-electron chi connectivity index (χ0n) is 21.2. The zero-order valence-corrected chi connectivity index (χ0v) is 22.7. The van der Waals surface area contributed by atoms with Crippen LogP contribution in [0.2, 0.25) is 5.02 Å². The average Bonchev–Trinajstić information content (AvgIpc) is 2.80. The highest BCUT2D eigenvalue weighted by atomic mass is 35.5. The quantitative estimate of drug-likeness (QED) is 0.111. The van der Waals surface area contributed by atoms with Crippen LogP contribution in [0.25, 0.3) is 0 Å². The lowest BCUT2D eigenvalue weighted by molar-refractivity contribution is 0.306. The molecular formula is C28H49ClO3S. The molecule has 0 unspecified atom stereocenters. The van der Waals surface area contributed by atoms with Crippen molar-refractivity contribution in [2.24, 2.45) is 0 Å². The largest absolute Gasteiger partial charge is 0.296 e. The van der Waals surface area contributed by atoms with Crippen molar-refractivity contribution in [2.75, 3.05) is 6.61 Å². The Balaban J connectivity index is 1.79. The van der Waals surface area contributed by atoms with Gasteiger partial charge in [0.15, 0.2) is 0 Å². The van der Waals surface area contributed by atoms with Gasteiger partial charge in [0.05, 0.1) is 11.5 Å². The predicted molar refractivity (Wildman–Crippen MR) is 143 cm³/mol. The van der Waals surface area contributed by atoms with Gasteiger partial charge in [0.1, 0.15) is 0 Å². The van der Waals surface area contributed by atoms with Gasteiger partial charge in [-0.2, -0.15) is 8.42 Å². The van der Waals surface area contributed by atoms with Crippen molar-refractivity contribution in [1.29, 1.82) is 0 Å². The summed E-state index contributed by atoms with van der Waals surface area (Å²) in [6.07, 6.45) is 26.6. The van der Waals surface area contributed by atoms with E-state index in [9.17, 15) is 8.42 Å². The van der Waals surface area contributed by atoms with Crippen molar-refractivity contribution < 1.29 is 12.6 Å². The SMILES string of the molecule is CCCCCCCCCCCCCCCCCCCCCCOS(=O)(=O)c1ccc(Cl)cc1. The average molecular weight is 501 g/mol. The molecule has 0 heterocycles. The van der Waals surface area contributed by atoms with Gasteiger partial charge in [-0.05, 0) is 30.7 Å². The van der Waals surface area contributed by atoms with Crippen LogP contribution in [0.15, 0.2) is 29.2 Å². The summed E-state index contributed by atoms with van der Waals surface area (Å²) in [5.41, 5.74) is 0. The van der Waals surface area contributed by atoms with Gasteiger partial charge in [0.25, 0.3) is 10.1 Å². The highest BCUT2D eigenvalue weighted by molar-refractivity contribution is 7.86. The highest BCUT2D eigenvalue weighted by Gasteiger charge is 2.14. The van der Waals surface area contributed by atoms with E-state index in [0.717, 1.165) is 19.3 Å². The first-order valence-electron chi connectivity index (χ1n) is 13.7. The van der Waals surface area contributed by atoms with E-state index in [0.29, 0.717) is 5.02 Å². The van der Waals surface area contributed by atoms with Crippen LogP contribution in [0.5, 0.6) is 0 Å². The molecule has 0 N–H and O–H groups in total. The first-order chi connectivity index (χ1) is 16.1. The Kier molecular flexibility index (Phi) is 19.2. The van der Waals surface area contributed by atoms with Crippen LogP contribution in [0.1, 0.15) is 135 Å². The molecule has 0 spiro atoms. The molecule has 5 heteroatoms. The molecule has 0 fully saturated rings. The summed E-state index contributed by atoms with van der Waals surface area (Å²) in [5, 5.41) is 0.517. The monoisotopic (exact) mass is 500 g/mol.